The van der Waals surface area contributed by atoms with Gasteiger partial charge in [-0.05, 0) is 46.9 Å². The molecule has 4 aromatic rings. The standard InChI is InChI=1S/C22H18O/c1-3-16-8-4-5-9-18(16)15(2)17-12-13-22-20(14-17)19-10-6-7-11-21(19)23-22/h4-14H,2-3H2,1H3. The molecule has 0 N–H and O–H groups in total. The minimum absolute atomic E-state index is 0.923. The average molecular weight is 298 g/mol. The summed E-state index contributed by atoms with van der Waals surface area (Å²) in [4.78, 5) is 0. The molecule has 1 aromatic heterocycles. The van der Waals surface area contributed by atoms with Gasteiger partial charge in [-0.3, -0.25) is 0 Å². The predicted octanol–water partition coefficient (Wildman–Crippen LogP) is 6.21. The molecule has 0 aliphatic rings. The molecule has 1 nitrogen and oxygen atoms in total. The van der Waals surface area contributed by atoms with Crippen molar-refractivity contribution in [1.82, 2.24) is 0 Å². The maximum Gasteiger partial charge on any atom is 0.135 e. The Balaban J connectivity index is 1.88. The van der Waals surface area contributed by atoms with E-state index in [4.69, 9.17) is 4.42 Å². The van der Waals surface area contributed by atoms with Crippen molar-refractivity contribution >= 4 is 27.5 Å². The van der Waals surface area contributed by atoms with Gasteiger partial charge in [0.1, 0.15) is 11.2 Å². The molecule has 0 radical (unpaired) electrons. The Morgan fingerprint density at radius 1 is 0.870 bits per heavy atom. The fraction of sp³-hybridized carbons (Fsp3) is 0.0909. The minimum Gasteiger partial charge on any atom is -0.456 e. The lowest BCUT2D eigenvalue weighted by molar-refractivity contribution is 0.669. The van der Waals surface area contributed by atoms with Crippen molar-refractivity contribution in [2.24, 2.45) is 0 Å². The first-order valence-corrected chi connectivity index (χ1v) is 7.97. The van der Waals surface area contributed by atoms with Gasteiger partial charge in [0.2, 0.25) is 0 Å². The van der Waals surface area contributed by atoms with Crippen LogP contribution in [0.1, 0.15) is 23.6 Å². The first-order valence-electron chi connectivity index (χ1n) is 7.97. The molecule has 0 fully saturated rings. The maximum atomic E-state index is 5.91. The molecule has 1 heterocycles. The summed E-state index contributed by atoms with van der Waals surface area (Å²) in [6, 6.07) is 23.0. The van der Waals surface area contributed by atoms with Crippen LogP contribution >= 0.6 is 0 Å². The lowest BCUT2D eigenvalue weighted by Gasteiger charge is -2.11. The fourth-order valence-corrected chi connectivity index (χ4v) is 3.19. The van der Waals surface area contributed by atoms with Crippen LogP contribution in [0, 0.1) is 0 Å². The normalized spacial score (nSPS) is 11.2. The smallest absolute Gasteiger partial charge is 0.135 e. The van der Waals surface area contributed by atoms with Gasteiger partial charge in [0.25, 0.3) is 0 Å². The van der Waals surface area contributed by atoms with Crippen LogP contribution in [0.5, 0.6) is 0 Å². The van der Waals surface area contributed by atoms with Crippen LogP contribution in [0.4, 0.5) is 0 Å². The zero-order chi connectivity index (χ0) is 15.8. The molecule has 4 rings (SSSR count). The topological polar surface area (TPSA) is 13.1 Å². The SMILES string of the molecule is C=C(c1ccc2oc3ccccc3c2c1)c1ccccc1CC. The van der Waals surface area contributed by atoms with Crippen molar-refractivity contribution in [3.8, 4) is 0 Å². The van der Waals surface area contributed by atoms with Crippen LogP contribution < -0.4 is 0 Å². The van der Waals surface area contributed by atoms with Gasteiger partial charge in [-0.25, -0.2) is 0 Å². The zero-order valence-electron chi connectivity index (χ0n) is 13.2. The van der Waals surface area contributed by atoms with E-state index < -0.39 is 0 Å². The Hall–Kier alpha value is -2.80. The molecular weight excluding hydrogens is 280 g/mol. The summed E-state index contributed by atoms with van der Waals surface area (Å²) in [6.07, 6.45) is 1.01. The highest BCUT2D eigenvalue weighted by molar-refractivity contribution is 6.06. The summed E-state index contributed by atoms with van der Waals surface area (Å²) in [7, 11) is 0. The Labute approximate surface area is 135 Å². The summed E-state index contributed by atoms with van der Waals surface area (Å²) in [5.41, 5.74) is 6.61. The van der Waals surface area contributed by atoms with Crippen LogP contribution in [0.3, 0.4) is 0 Å². The van der Waals surface area contributed by atoms with Crippen molar-refractivity contribution in [2.45, 2.75) is 13.3 Å². The van der Waals surface area contributed by atoms with Crippen molar-refractivity contribution in [2.75, 3.05) is 0 Å². The quantitative estimate of drug-likeness (QED) is 0.438. The van der Waals surface area contributed by atoms with Gasteiger partial charge in [-0.2, -0.15) is 0 Å². The third kappa shape index (κ3) is 2.25. The second kappa shape index (κ2) is 5.44. The highest BCUT2D eigenvalue weighted by atomic mass is 16.3. The number of furan rings is 1. The lowest BCUT2D eigenvalue weighted by atomic mass is 9.93. The van der Waals surface area contributed by atoms with E-state index in [0.29, 0.717) is 0 Å². The third-order valence-corrected chi connectivity index (χ3v) is 4.45. The Bertz CT molecular complexity index is 1020. The molecule has 0 atom stereocenters. The number of rotatable bonds is 3. The first-order chi connectivity index (χ1) is 11.3. The van der Waals surface area contributed by atoms with E-state index in [-0.39, 0.29) is 0 Å². The van der Waals surface area contributed by atoms with Gasteiger partial charge in [0.05, 0.1) is 0 Å². The minimum atomic E-state index is 0.923. The number of hydrogen-bond donors (Lipinski definition) is 0. The van der Waals surface area contributed by atoms with E-state index in [0.717, 1.165) is 39.5 Å². The van der Waals surface area contributed by atoms with Gasteiger partial charge in [-0.1, -0.05) is 62.0 Å². The fourth-order valence-electron chi connectivity index (χ4n) is 3.19. The summed E-state index contributed by atoms with van der Waals surface area (Å²) >= 11 is 0. The summed E-state index contributed by atoms with van der Waals surface area (Å²) in [5.74, 6) is 0. The molecule has 3 aromatic carbocycles. The molecule has 0 spiro atoms. The summed E-state index contributed by atoms with van der Waals surface area (Å²) in [6.45, 7) is 6.52. The number of benzene rings is 3. The van der Waals surface area contributed by atoms with Crippen molar-refractivity contribution in [3.05, 3.63) is 90.0 Å². The van der Waals surface area contributed by atoms with Gasteiger partial charge >= 0.3 is 0 Å². The van der Waals surface area contributed by atoms with E-state index in [9.17, 15) is 0 Å². The predicted molar refractivity (Wildman–Crippen MR) is 97.7 cm³/mol. The van der Waals surface area contributed by atoms with Crippen molar-refractivity contribution in [3.63, 3.8) is 0 Å². The van der Waals surface area contributed by atoms with Crippen LogP contribution in [-0.4, -0.2) is 0 Å². The second-order valence-electron chi connectivity index (χ2n) is 5.80. The molecular formula is C22H18O. The average Bonchev–Trinajstić information content (AvgIpc) is 2.99. The van der Waals surface area contributed by atoms with E-state index in [1.165, 1.54) is 11.1 Å². The number of hydrogen-bond acceptors (Lipinski definition) is 1. The molecule has 0 aliphatic heterocycles. The maximum absolute atomic E-state index is 5.91. The number of aryl methyl sites for hydroxylation is 1. The molecule has 0 bridgehead atoms. The summed E-state index contributed by atoms with van der Waals surface area (Å²) in [5, 5.41) is 2.30. The van der Waals surface area contributed by atoms with Gasteiger partial charge in [-0.15, -0.1) is 0 Å². The molecule has 0 aliphatic carbocycles. The largest absolute Gasteiger partial charge is 0.456 e. The Kier molecular flexibility index (Phi) is 3.27. The van der Waals surface area contributed by atoms with Crippen LogP contribution in [0.15, 0.2) is 77.7 Å². The number of fused-ring (bicyclic) bond motifs is 3. The van der Waals surface area contributed by atoms with Gasteiger partial charge < -0.3 is 4.42 Å². The molecule has 23 heavy (non-hydrogen) atoms. The highest BCUT2D eigenvalue weighted by Crippen LogP contribution is 2.32. The zero-order valence-corrected chi connectivity index (χ0v) is 13.2. The van der Waals surface area contributed by atoms with E-state index in [2.05, 4.69) is 56.0 Å². The van der Waals surface area contributed by atoms with E-state index in [1.807, 2.05) is 24.3 Å². The van der Waals surface area contributed by atoms with Crippen molar-refractivity contribution in [1.29, 1.82) is 0 Å². The third-order valence-electron chi connectivity index (χ3n) is 4.45. The van der Waals surface area contributed by atoms with Gasteiger partial charge in [0.15, 0.2) is 0 Å². The van der Waals surface area contributed by atoms with Crippen molar-refractivity contribution < 1.29 is 4.42 Å². The van der Waals surface area contributed by atoms with Crippen LogP contribution in [0.2, 0.25) is 0 Å². The highest BCUT2D eigenvalue weighted by Gasteiger charge is 2.10. The lowest BCUT2D eigenvalue weighted by Crippen LogP contribution is -1.92. The van der Waals surface area contributed by atoms with Crippen LogP contribution in [-0.2, 0) is 6.42 Å². The molecule has 0 saturated carbocycles. The van der Waals surface area contributed by atoms with Gasteiger partial charge in [0, 0.05) is 10.8 Å². The second-order valence-corrected chi connectivity index (χ2v) is 5.80. The molecule has 1 heteroatoms. The Morgan fingerprint density at radius 3 is 2.48 bits per heavy atom. The summed E-state index contributed by atoms with van der Waals surface area (Å²) < 4.78 is 5.91. The molecule has 112 valence electrons. The first kappa shape index (κ1) is 13.8. The Morgan fingerprint density at radius 2 is 1.61 bits per heavy atom. The van der Waals surface area contributed by atoms with E-state index in [1.54, 1.807) is 0 Å². The number of para-hydroxylation sites is 1. The van der Waals surface area contributed by atoms with Crippen LogP contribution in [0.25, 0.3) is 27.5 Å². The monoisotopic (exact) mass is 298 g/mol. The van der Waals surface area contributed by atoms with E-state index >= 15 is 0 Å². The molecule has 0 unspecified atom stereocenters. The molecule has 0 saturated heterocycles. The molecule has 0 amide bonds.